The van der Waals surface area contributed by atoms with Crippen LogP contribution in [0.25, 0.3) is 0 Å². The molecule has 0 saturated carbocycles. The summed E-state index contributed by atoms with van der Waals surface area (Å²) < 4.78 is 1.09. The van der Waals surface area contributed by atoms with Crippen molar-refractivity contribution in [3.05, 3.63) is 52.5 Å². The Bertz CT molecular complexity index is 528. The maximum absolute atomic E-state index is 5.75. The fraction of sp³-hybridized carbons (Fsp3) is 0.286. The van der Waals surface area contributed by atoms with Gasteiger partial charge in [-0.05, 0) is 37.1 Å². The summed E-state index contributed by atoms with van der Waals surface area (Å²) in [6.07, 6.45) is 4.55. The number of thioether (sulfide) groups is 1. The molecule has 0 radical (unpaired) electrons. The van der Waals surface area contributed by atoms with Crippen molar-refractivity contribution < 1.29 is 0 Å². The normalized spacial score (nSPS) is 12.4. The van der Waals surface area contributed by atoms with E-state index in [-0.39, 0.29) is 6.04 Å². The van der Waals surface area contributed by atoms with Gasteiger partial charge in [-0.15, -0.1) is 11.8 Å². The summed E-state index contributed by atoms with van der Waals surface area (Å²) in [5.74, 6) is 1.62. The molecule has 0 saturated heterocycles. The number of aromatic nitrogens is 2. The van der Waals surface area contributed by atoms with E-state index in [9.17, 15) is 0 Å². The number of nitrogens with two attached hydrogens (primary N) is 1. The zero-order valence-corrected chi connectivity index (χ0v) is 13.1. The van der Waals surface area contributed by atoms with Crippen molar-refractivity contribution in [2.45, 2.75) is 30.0 Å². The van der Waals surface area contributed by atoms with Crippen LogP contribution in [-0.2, 0) is 12.2 Å². The number of hydrogen-bond acceptors (Lipinski definition) is 4. The molecule has 1 aromatic heterocycles. The van der Waals surface area contributed by atoms with Crippen molar-refractivity contribution in [1.29, 1.82) is 0 Å². The quantitative estimate of drug-likeness (QED) is 0.849. The SMILES string of the molecule is CC(N)Cc1cnc(CSc2cccc(Br)c2)nc1. The fourth-order valence-electron chi connectivity index (χ4n) is 1.64. The lowest BCUT2D eigenvalue weighted by Crippen LogP contribution is -2.18. The van der Waals surface area contributed by atoms with Crippen molar-refractivity contribution in [2.24, 2.45) is 5.73 Å². The van der Waals surface area contributed by atoms with Gasteiger partial charge in [-0.2, -0.15) is 0 Å². The van der Waals surface area contributed by atoms with Crippen LogP contribution in [0.3, 0.4) is 0 Å². The van der Waals surface area contributed by atoms with Crippen molar-refractivity contribution in [1.82, 2.24) is 9.97 Å². The zero-order chi connectivity index (χ0) is 13.7. The second kappa shape index (κ2) is 7.03. The summed E-state index contributed by atoms with van der Waals surface area (Å²) in [7, 11) is 0. The first kappa shape index (κ1) is 14.5. The molecule has 3 nitrogen and oxygen atoms in total. The number of hydrogen-bond donors (Lipinski definition) is 1. The van der Waals surface area contributed by atoms with E-state index in [0.717, 1.165) is 28.0 Å². The Morgan fingerprint density at radius 1 is 1.32 bits per heavy atom. The van der Waals surface area contributed by atoms with E-state index in [0.29, 0.717) is 0 Å². The first-order valence-corrected chi connectivity index (χ1v) is 7.85. The van der Waals surface area contributed by atoms with E-state index in [2.05, 4.69) is 38.0 Å². The molecule has 0 amide bonds. The Morgan fingerprint density at radius 2 is 2.05 bits per heavy atom. The number of rotatable bonds is 5. The van der Waals surface area contributed by atoms with E-state index in [1.807, 2.05) is 31.5 Å². The largest absolute Gasteiger partial charge is 0.328 e. The van der Waals surface area contributed by atoms with Crippen LogP contribution in [-0.4, -0.2) is 16.0 Å². The van der Waals surface area contributed by atoms with Crippen LogP contribution in [0.5, 0.6) is 0 Å². The van der Waals surface area contributed by atoms with Crippen LogP contribution in [0, 0.1) is 0 Å². The minimum Gasteiger partial charge on any atom is -0.328 e. The molecule has 2 N–H and O–H groups in total. The minimum absolute atomic E-state index is 0.144. The fourth-order valence-corrected chi connectivity index (χ4v) is 3.02. The van der Waals surface area contributed by atoms with Crippen LogP contribution in [0.4, 0.5) is 0 Å². The first-order valence-electron chi connectivity index (χ1n) is 6.07. The van der Waals surface area contributed by atoms with E-state index in [4.69, 9.17) is 5.73 Å². The van der Waals surface area contributed by atoms with Gasteiger partial charge in [-0.3, -0.25) is 0 Å². The van der Waals surface area contributed by atoms with Crippen molar-refractivity contribution in [3.63, 3.8) is 0 Å². The zero-order valence-electron chi connectivity index (χ0n) is 10.7. The Balaban J connectivity index is 1.93. The van der Waals surface area contributed by atoms with Gasteiger partial charge in [-0.25, -0.2) is 9.97 Å². The molecule has 1 aromatic carbocycles. The summed E-state index contributed by atoms with van der Waals surface area (Å²) in [5.41, 5.74) is 6.84. The topological polar surface area (TPSA) is 51.8 Å². The highest BCUT2D eigenvalue weighted by Gasteiger charge is 2.02. The number of nitrogens with zero attached hydrogens (tertiary/aromatic N) is 2. The van der Waals surface area contributed by atoms with E-state index in [1.54, 1.807) is 11.8 Å². The van der Waals surface area contributed by atoms with Gasteiger partial charge in [-0.1, -0.05) is 22.0 Å². The highest BCUT2D eigenvalue weighted by atomic mass is 79.9. The molecule has 0 aliphatic heterocycles. The third kappa shape index (κ3) is 4.93. The van der Waals surface area contributed by atoms with Crippen molar-refractivity contribution >= 4 is 27.7 Å². The molecule has 2 rings (SSSR count). The lowest BCUT2D eigenvalue weighted by Gasteiger charge is -2.05. The second-order valence-corrected chi connectivity index (χ2v) is 6.40. The van der Waals surface area contributed by atoms with Crippen LogP contribution in [0.15, 0.2) is 46.0 Å². The number of halogens is 1. The van der Waals surface area contributed by atoms with Crippen LogP contribution < -0.4 is 5.73 Å². The van der Waals surface area contributed by atoms with Crippen molar-refractivity contribution in [2.75, 3.05) is 0 Å². The first-order chi connectivity index (χ1) is 9.13. The lowest BCUT2D eigenvalue weighted by atomic mass is 10.1. The standard InChI is InChI=1S/C14H16BrN3S/c1-10(16)5-11-7-17-14(18-8-11)9-19-13-4-2-3-12(15)6-13/h2-4,6-8,10H,5,9,16H2,1H3. The average molecular weight is 338 g/mol. The molecule has 2 aromatic rings. The van der Waals surface area contributed by atoms with Gasteiger partial charge in [0.05, 0.1) is 5.75 Å². The van der Waals surface area contributed by atoms with E-state index >= 15 is 0 Å². The van der Waals surface area contributed by atoms with Gasteiger partial charge in [0.25, 0.3) is 0 Å². The van der Waals surface area contributed by atoms with Gasteiger partial charge in [0.15, 0.2) is 0 Å². The molecule has 0 bridgehead atoms. The number of benzene rings is 1. The minimum atomic E-state index is 0.144. The molecule has 0 aliphatic rings. The Labute approximate surface area is 126 Å². The molecule has 1 heterocycles. The van der Waals surface area contributed by atoms with Gasteiger partial charge >= 0.3 is 0 Å². The van der Waals surface area contributed by atoms with Gasteiger partial charge in [0.1, 0.15) is 5.82 Å². The smallest absolute Gasteiger partial charge is 0.138 e. The molecular weight excluding hydrogens is 322 g/mol. The van der Waals surface area contributed by atoms with Crippen LogP contribution >= 0.6 is 27.7 Å². The predicted octanol–water partition coefficient (Wildman–Crippen LogP) is 3.42. The Kier molecular flexibility index (Phi) is 5.36. The molecule has 0 aliphatic carbocycles. The summed E-state index contributed by atoms with van der Waals surface area (Å²) in [6, 6.07) is 8.36. The molecule has 19 heavy (non-hydrogen) atoms. The maximum Gasteiger partial charge on any atom is 0.138 e. The summed E-state index contributed by atoms with van der Waals surface area (Å²) in [6.45, 7) is 1.98. The van der Waals surface area contributed by atoms with Crippen molar-refractivity contribution in [3.8, 4) is 0 Å². The molecule has 5 heteroatoms. The van der Waals surface area contributed by atoms with E-state index in [1.165, 1.54) is 4.90 Å². The van der Waals surface area contributed by atoms with Gasteiger partial charge in [0.2, 0.25) is 0 Å². The highest BCUT2D eigenvalue weighted by Crippen LogP contribution is 2.24. The third-order valence-corrected chi connectivity index (χ3v) is 3.96. The van der Waals surface area contributed by atoms with Gasteiger partial charge in [0, 0.05) is 27.8 Å². The summed E-state index contributed by atoms with van der Waals surface area (Å²) in [5, 5.41) is 0. The van der Waals surface area contributed by atoms with Crippen LogP contribution in [0.1, 0.15) is 18.3 Å². The van der Waals surface area contributed by atoms with Crippen LogP contribution in [0.2, 0.25) is 0 Å². The average Bonchev–Trinajstić information content (AvgIpc) is 2.37. The third-order valence-electron chi connectivity index (χ3n) is 2.48. The molecule has 1 atom stereocenters. The van der Waals surface area contributed by atoms with E-state index < -0.39 is 0 Å². The lowest BCUT2D eigenvalue weighted by molar-refractivity contribution is 0.730. The monoisotopic (exact) mass is 337 g/mol. The highest BCUT2D eigenvalue weighted by molar-refractivity contribution is 9.10. The summed E-state index contributed by atoms with van der Waals surface area (Å²) in [4.78, 5) is 9.95. The Hall–Kier alpha value is -0.910. The predicted molar refractivity (Wildman–Crippen MR) is 83.1 cm³/mol. The molecular formula is C14H16BrN3S. The molecule has 100 valence electrons. The summed E-state index contributed by atoms with van der Waals surface area (Å²) >= 11 is 5.19. The Morgan fingerprint density at radius 3 is 2.68 bits per heavy atom. The maximum atomic E-state index is 5.75. The second-order valence-electron chi connectivity index (χ2n) is 4.43. The van der Waals surface area contributed by atoms with Gasteiger partial charge < -0.3 is 5.73 Å². The molecule has 0 fully saturated rings. The molecule has 0 spiro atoms. The molecule has 1 unspecified atom stereocenters.